The van der Waals surface area contributed by atoms with Gasteiger partial charge in [-0.2, -0.15) is 0 Å². The summed E-state index contributed by atoms with van der Waals surface area (Å²) in [6, 6.07) is 15.0. The summed E-state index contributed by atoms with van der Waals surface area (Å²) in [5, 5.41) is -0.315. The van der Waals surface area contributed by atoms with Gasteiger partial charge in [-0.25, -0.2) is 4.39 Å². The molecule has 2 aliphatic rings. The molecule has 152 valence electrons. The Balaban J connectivity index is 1.70. The number of hydrogen-bond acceptors (Lipinski definition) is 4. The maximum atomic E-state index is 13.6. The van der Waals surface area contributed by atoms with Crippen molar-refractivity contribution in [3.8, 4) is 0 Å². The van der Waals surface area contributed by atoms with Crippen LogP contribution in [0.1, 0.15) is 22.5 Å². The molecule has 0 N–H and O–H groups in total. The number of nitrogens with zero attached hydrogens (tertiary/aromatic N) is 3. The van der Waals surface area contributed by atoms with Crippen LogP contribution in [-0.2, 0) is 9.59 Å². The monoisotopic (exact) mass is 413 g/mol. The van der Waals surface area contributed by atoms with E-state index in [9.17, 15) is 14.0 Å². The summed E-state index contributed by atoms with van der Waals surface area (Å²) in [7, 11) is 2.04. The van der Waals surface area contributed by atoms with Crippen LogP contribution < -0.4 is 0 Å². The van der Waals surface area contributed by atoms with Crippen LogP contribution in [0.15, 0.2) is 54.6 Å². The maximum Gasteiger partial charge on any atom is 0.250 e. The van der Waals surface area contributed by atoms with Crippen LogP contribution in [0.4, 0.5) is 4.39 Å². The number of likely N-dealkylation sites (N-methyl/N-ethyl adjacent to an activating group) is 1. The van der Waals surface area contributed by atoms with Gasteiger partial charge in [0, 0.05) is 26.2 Å². The largest absolute Gasteiger partial charge is 0.338 e. The number of halogens is 1. The first-order valence-corrected chi connectivity index (χ1v) is 10.8. The Morgan fingerprint density at radius 1 is 1.03 bits per heavy atom. The summed E-state index contributed by atoms with van der Waals surface area (Å²) in [5.41, 5.74) is 1.63. The van der Waals surface area contributed by atoms with Crippen LogP contribution in [0.3, 0.4) is 0 Å². The van der Waals surface area contributed by atoms with Crippen molar-refractivity contribution in [2.45, 2.75) is 11.4 Å². The predicted octanol–water partition coefficient (Wildman–Crippen LogP) is 2.92. The lowest BCUT2D eigenvalue weighted by Crippen LogP contribution is -2.51. The summed E-state index contributed by atoms with van der Waals surface area (Å²) in [4.78, 5) is 32.3. The van der Waals surface area contributed by atoms with Crippen LogP contribution in [0.5, 0.6) is 0 Å². The molecule has 2 saturated heterocycles. The fraction of sp³-hybridized carbons (Fsp3) is 0.364. The molecule has 2 unspecified atom stereocenters. The molecule has 0 spiro atoms. The molecule has 2 fully saturated rings. The number of hydrogen-bond donors (Lipinski definition) is 0. The molecule has 2 heterocycles. The SMILES string of the molecule is CN1CCN(C(=O)C(c2ccccc2)N2C(=O)CSC2c2ccc(F)cc2)CC1. The van der Waals surface area contributed by atoms with E-state index in [2.05, 4.69) is 4.90 Å². The lowest BCUT2D eigenvalue weighted by atomic mass is 10.0. The Kier molecular flexibility index (Phi) is 5.87. The highest BCUT2D eigenvalue weighted by atomic mass is 32.2. The second-order valence-electron chi connectivity index (χ2n) is 7.46. The number of thioether (sulfide) groups is 1. The molecular weight excluding hydrogens is 389 g/mol. The van der Waals surface area contributed by atoms with Crippen LogP contribution in [0, 0.1) is 5.82 Å². The molecule has 29 heavy (non-hydrogen) atoms. The fourth-order valence-electron chi connectivity index (χ4n) is 3.86. The van der Waals surface area contributed by atoms with E-state index in [-0.39, 0.29) is 23.0 Å². The number of piperazine rings is 1. The van der Waals surface area contributed by atoms with Gasteiger partial charge in [-0.05, 0) is 30.3 Å². The molecule has 0 saturated carbocycles. The Bertz CT molecular complexity index is 869. The fourth-order valence-corrected chi connectivity index (χ4v) is 5.06. The van der Waals surface area contributed by atoms with E-state index >= 15 is 0 Å². The highest BCUT2D eigenvalue weighted by molar-refractivity contribution is 8.00. The average Bonchev–Trinajstić information content (AvgIpc) is 3.11. The number of benzene rings is 2. The van der Waals surface area contributed by atoms with Gasteiger partial charge in [-0.3, -0.25) is 9.59 Å². The first kappa shape index (κ1) is 19.9. The first-order valence-electron chi connectivity index (χ1n) is 9.75. The van der Waals surface area contributed by atoms with Crippen molar-refractivity contribution >= 4 is 23.6 Å². The van der Waals surface area contributed by atoms with E-state index in [0.29, 0.717) is 18.8 Å². The molecule has 0 radical (unpaired) electrons. The van der Waals surface area contributed by atoms with Crippen molar-refractivity contribution in [2.24, 2.45) is 0 Å². The molecule has 2 amide bonds. The van der Waals surface area contributed by atoms with Gasteiger partial charge in [0.1, 0.15) is 17.2 Å². The van der Waals surface area contributed by atoms with Crippen LogP contribution in [-0.4, -0.2) is 65.5 Å². The van der Waals surface area contributed by atoms with Crippen molar-refractivity contribution in [3.63, 3.8) is 0 Å². The number of rotatable bonds is 4. The Hall–Kier alpha value is -2.38. The van der Waals surface area contributed by atoms with E-state index in [0.717, 1.165) is 24.2 Å². The molecular formula is C22H24FN3O2S. The van der Waals surface area contributed by atoms with Crippen molar-refractivity contribution in [1.82, 2.24) is 14.7 Å². The maximum absolute atomic E-state index is 13.6. The predicted molar refractivity (Wildman–Crippen MR) is 112 cm³/mol. The van der Waals surface area contributed by atoms with Crippen LogP contribution in [0.25, 0.3) is 0 Å². The van der Waals surface area contributed by atoms with E-state index in [1.807, 2.05) is 42.3 Å². The zero-order chi connectivity index (χ0) is 20.4. The number of carbonyl (C=O) groups excluding carboxylic acids is 2. The quantitative estimate of drug-likeness (QED) is 0.773. The zero-order valence-electron chi connectivity index (χ0n) is 16.3. The molecule has 2 aromatic carbocycles. The standard InChI is InChI=1S/C22H24FN3O2S/c1-24-11-13-25(14-12-24)21(28)20(16-5-3-2-4-6-16)26-19(27)15-29-22(26)17-7-9-18(23)10-8-17/h2-10,20,22H,11-15H2,1H3. The van der Waals surface area contributed by atoms with Gasteiger partial charge in [0.25, 0.3) is 0 Å². The lowest BCUT2D eigenvalue weighted by Gasteiger charge is -2.38. The highest BCUT2D eigenvalue weighted by Crippen LogP contribution is 2.44. The summed E-state index contributed by atoms with van der Waals surface area (Å²) in [6.07, 6.45) is 0. The lowest BCUT2D eigenvalue weighted by molar-refractivity contribution is -0.146. The summed E-state index contributed by atoms with van der Waals surface area (Å²) >= 11 is 1.48. The minimum Gasteiger partial charge on any atom is -0.338 e. The molecule has 0 aliphatic carbocycles. The van der Waals surface area contributed by atoms with Crippen molar-refractivity contribution in [2.75, 3.05) is 39.0 Å². The van der Waals surface area contributed by atoms with Gasteiger partial charge in [0.2, 0.25) is 11.8 Å². The number of amides is 2. The van der Waals surface area contributed by atoms with E-state index in [1.54, 1.807) is 17.0 Å². The molecule has 0 aromatic heterocycles. The minimum absolute atomic E-state index is 0.0488. The van der Waals surface area contributed by atoms with Crippen LogP contribution in [0.2, 0.25) is 0 Å². The Morgan fingerprint density at radius 2 is 1.69 bits per heavy atom. The normalized spacial score (nSPS) is 21.4. The molecule has 2 atom stereocenters. The van der Waals surface area contributed by atoms with Gasteiger partial charge in [0.15, 0.2) is 0 Å². The van der Waals surface area contributed by atoms with Crippen molar-refractivity contribution < 1.29 is 14.0 Å². The molecule has 2 aromatic rings. The van der Waals surface area contributed by atoms with Crippen molar-refractivity contribution in [3.05, 3.63) is 71.5 Å². The topological polar surface area (TPSA) is 43.9 Å². The molecule has 5 nitrogen and oxygen atoms in total. The zero-order valence-corrected chi connectivity index (χ0v) is 17.1. The summed E-state index contributed by atoms with van der Waals surface area (Å²) in [5.74, 6) is -0.128. The Morgan fingerprint density at radius 3 is 2.34 bits per heavy atom. The van der Waals surface area contributed by atoms with E-state index in [4.69, 9.17) is 0 Å². The highest BCUT2D eigenvalue weighted by Gasteiger charge is 2.43. The summed E-state index contributed by atoms with van der Waals surface area (Å²) < 4.78 is 13.4. The minimum atomic E-state index is -0.683. The van der Waals surface area contributed by atoms with Gasteiger partial charge >= 0.3 is 0 Å². The third kappa shape index (κ3) is 4.16. The molecule has 7 heteroatoms. The van der Waals surface area contributed by atoms with E-state index < -0.39 is 6.04 Å². The molecule has 4 rings (SSSR count). The van der Waals surface area contributed by atoms with Crippen LogP contribution >= 0.6 is 11.8 Å². The molecule has 0 bridgehead atoms. The van der Waals surface area contributed by atoms with E-state index in [1.165, 1.54) is 23.9 Å². The first-order chi connectivity index (χ1) is 14.0. The van der Waals surface area contributed by atoms with Gasteiger partial charge in [0.05, 0.1) is 5.75 Å². The second-order valence-corrected chi connectivity index (χ2v) is 8.53. The Labute approximate surface area is 174 Å². The second kappa shape index (κ2) is 8.55. The third-order valence-corrected chi connectivity index (χ3v) is 6.73. The smallest absolute Gasteiger partial charge is 0.250 e. The average molecular weight is 414 g/mol. The van der Waals surface area contributed by atoms with Gasteiger partial charge in [-0.1, -0.05) is 42.5 Å². The van der Waals surface area contributed by atoms with Crippen molar-refractivity contribution in [1.29, 1.82) is 0 Å². The number of carbonyl (C=O) groups is 2. The third-order valence-electron chi connectivity index (χ3n) is 5.50. The summed E-state index contributed by atoms with van der Waals surface area (Å²) in [6.45, 7) is 2.93. The van der Waals surface area contributed by atoms with Gasteiger partial charge < -0.3 is 14.7 Å². The molecule has 2 aliphatic heterocycles. The van der Waals surface area contributed by atoms with Gasteiger partial charge in [-0.15, -0.1) is 11.8 Å².